The van der Waals surface area contributed by atoms with Crippen LogP contribution in [0.3, 0.4) is 0 Å². The van der Waals surface area contributed by atoms with Gasteiger partial charge in [0.25, 0.3) is 0 Å². The van der Waals surface area contributed by atoms with Crippen LogP contribution in [-0.4, -0.2) is 37.9 Å². The van der Waals surface area contributed by atoms with Gasteiger partial charge in [0, 0.05) is 24.5 Å². The number of benzene rings is 1. The Bertz CT molecular complexity index is 668. The van der Waals surface area contributed by atoms with Crippen molar-refractivity contribution in [1.82, 2.24) is 4.90 Å². The minimum atomic E-state index is -0.176. The van der Waals surface area contributed by atoms with Crippen molar-refractivity contribution in [3.8, 4) is 0 Å². The van der Waals surface area contributed by atoms with Gasteiger partial charge in [-0.3, -0.25) is 9.89 Å². The number of rotatable bonds is 9. The summed E-state index contributed by atoms with van der Waals surface area (Å²) in [6.07, 6.45) is 3.14. The third kappa shape index (κ3) is 5.53. The molecule has 2 N–H and O–H groups in total. The van der Waals surface area contributed by atoms with Crippen LogP contribution in [0.1, 0.15) is 29.5 Å². The Labute approximate surface area is 154 Å². The summed E-state index contributed by atoms with van der Waals surface area (Å²) < 4.78 is 6.18. The Kier molecular flexibility index (Phi) is 7.85. The molecule has 4 nitrogen and oxygen atoms in total. The molecule has 134 valence electrons. The monoisotopic (exact) mass is 357 g/mol. The number of thiophene rings is 1. The lowest BCUT2D eigenvalue weighted by atomic mass is 10.1. The zero-order chi connectivity index (χ0) is 18.1. The van der Waals surface area contributed by atoms with E-state index in [1.54, 1.807) is 24.5 Å². The minimum Gasteiger partial charge on any atom is -0.405 e. The molecule has 0 saturated heterocycles. The molecule has 0 radical (unpaired) electrons. The number of aliphatic imine (C=N–C) groups is 1. The molecule has 0 fully saturated rings. The van der Waals surface area contributed by atoms with E-state index in [1.807, 2.05) is 12.1 Å². The maximum absolute atomic E-state index is 6.18. The van der Waals surface area contributed by atoms with Gasteiger partial charge >= 0.3 is 0 Å². The SMILES string of the molecule is CN=C(C=CN)C(OCCN(C)C(C)c1ccccc1)c1cccs1. The molecular formula is C20H27N3OS. The molecule has 25 heavy (non-hydrogen) atoms. The Balaban J connectivity index is 1.96. The molecular weight excluding hydrogens is 330 g/mol. The van der Waals surface area contributed by atoms with E-state index < -0.39 is 0 Å². The fourth-order valence-corrected chi connectivity index (χ4v) is 3.41. The van der Waals surface area contributed by atoms with Crippen LogP contribution in [0.25, 0.3) is 0 Å². The molecule has 0 amide bonds. The van der Waals surface area contributed by atoms with E-state index >= 15 is 0 Å². The lowest BCUT2D eigenvalue weighted by Gasteiger charge is -2.26. The van der Waals surface area contributed by atoms with E-state index in [2.05, 4.69) is 59.6 Å². The summed E-state index contributed by atoms with van der Waals surface area (Å²) >= 11 is 1.67. The smallest absolute Gasteiger partial charge is 0.133 e. The molecule has 2 aromatic rings. The highest BCUT2D eigenvalue weighted by molar-refractivity contribution is 7.10. The highest BCUT2D eigenvalue weighted by atomic mass is 32.1. The summed E-state index contributed by atoms with van der Waals surface area (Å²) in [5, 5.41) is 2.05. The summed E-state index contributed by atoms with van der Waals surface area (Å²) in [7, 11) is 3.89. The second-order valence-electron chi connectivity index (χ2n) is 5.84. The van der Waals surface area contributed by atoms with E-state index in [9.17, 15) is 0 Å². The van der Waals surface area contributed by atoms with Crippen LogP contribution in [0.15, 0.2) is 65.1 Å². The largest absolute Gasteiger partial charge is 0.405 e. The normalized spacial score (nSPS) is 15.0. The van der Waals surface area contributed by atoms with Crippen LogP contribution in [0, 0.1) is 0 Å². The molecule has 0 bridgehead atoms. The maximum atomic E-state index is 6.18. The molecule has 2 unspecified atom stereocenters. The highest BCUT2D eigenvalue weighted by Gasteiger charge is 2.19. The predicted octanol–water partition coefficient (Wildman–Crippen LogP) is 4.04. The van der Waals surface area contributed by atoms with Crippen molar-refractivity contribution in [2.24, 2.45) is 10.7 Å². The Hall–Kier alpha value is -1.95. The van der Waals surface area contributed by atoms with Crippen LogP contribution < -0.4 is 5.73 Å². The quantitative estimate of drug-likeness (QED) is 0.689. The van der Waals surface area contributed by atoms with Crippen molar-refractivity contribution < 1.29 is 4.74 Å². The third-order valence-corrected chi connectivity index (χ3v) is 5.18. The van der Waals surface area contributed by atoms with Gasteiger partial charge in [-0.1, -0.05) is 36.4 Å². The molecule has 0 saturated carbocycles. The second kappa shape index (κ2) is 10.1. The van der Waals surface area contributed by atoms with Crippen LogP contribution in [0.5, 0.6) is 0 Å². The highest BCUT2D eigenvalue weighted by Crippen LogP contribution is 2.25. The average molecular weight is 358 g/mol. The Morgan fingerprint density at radius 3 is 2.64 bits per heavy atom. The van der Waals surface area contributed by atoms with Crippen molar-refractivity contribution in [3.63, 3.8) is 0 Å². The molecule has 1 aromatic carbocycles. The number of likely N-dealkylation sites (N-methyl/N-ethyl adjacent to an activating group) is 1. The van der Waals surface area contributed by atoms with Crippen molar-refractivity contribution in [2.75, 3.05) is 27.2 Å². The number of hydrogen-bond acceptors (Lipinski definition) is 5. The first-order valence-electron chi connectivity index (χ1n) is 8.42. The topological polar surface area (TPSA) is 50.9 Å². The van der Waals surface area contributed by atoms with E-state index in [0.29, 0.717) is 12.6 Å². The fourth-order valence-electron chi connectivity index (χ4n) is 2.63. The Morgan fingerprint density at radius 1 is 1.28 bits per heavy atom. The van der Waals surface area contributed by atoms with Gasteiger partial charge in [-0.25, -0.2) is 0 Å². The van der Waals surface area contributed by atoms with Crippen LogP contribution in [0.4, 0.5) is 0 Å². The van der Waals surface area contributed by atoms with Gasteiger partial charge in [0.15, 0.2) is 0 Å². The van der Waals surface area contributed by atoms with Gasteiger partial charge in [-0.2, -0.15) is 0 Å². The van der Waals surface area contributed by atoms with Crippen LogP contribution in [-0.2, 0) is 4.74 Å². The van der Waals surface area contributed by atoms with Crippen LogP contribution in [0.2, 0.25) is 0 Å². The minimum absolute atomic E-state index is 0.176. The first-order valence-corrected chi connectivity index (χ1v) is 9.30. The lowest BCUT2D eigenvalue weighted by molar-refractivity contribution is 0.0746. The molecule has 0 aliphatic rings. The predicted molar refractivity (Wildman–Crippen MR) is 107 cm³/mol. The fraction of sp³-hybridized carbons (Fsp3) is 0.350. The molecule has 2 rings (SSSR count). The zero-order valence-corrected chi connectivity index (χ0v) is 15.9. The summed E-state index contributed by atoms with van der Waals surface area (Å²) in [4.78, 5) is 7.76. The van der Waals surface area contributed by atoms with Gasteiger partial charge < -0.3 is 10.5 Å². The van der Waals surface area contributed by atoms with Gasteiger partial charge in [0.2, 0.25) is 0 Å². The van der Waals surface area contributed by atoms with Crippen molar-refractivity contribution in [2.45, 2.75) is 19.1 Å². The number of hydrogen-bond donors (Lipinski definition) is 1. The second-order valence-corrected chi connectivity index (χ2v) is 6.82. The number of nitrogens with zero attached hydrogens (tertiary/aromatic N) is 2. The van der Waals surface area contributed by atoms with Crippen LogP contribution >= 0.6 is 11.3 Å². The van der Waals surface area contributed by atoms with E-state index in [1.165, 1.54) is 11.8 Å². The van der Waals surface area contributed by atoms with Crippen molar-refractivity contribution in [3.05, 3.63) is 70.6 Å². The zero-order valence-electron chi connectivity index (χ0n) is 15.1. The van der Waals surface area contributed by atoms with Crippen molar-refractivity contribution in [1.29, 1.82) is 0 Å². The number of nitrogens with two attached hydrogens (primary N) is 1. The van der Waals surface area contributed by atoms with E-state index in [-0.39, 0.29) is 6.10 Å². The molecule has 0 aliphatic heterocycles. The standard InChI is InChI=1S/C20H27N3OS/c1-16(17-8-5-4-6-9-17)23(3)13-14-24-20(18(22-2)11-12-21)19-10-7-15-25-19/h4-12,15-16,20H,13-14,21H2,1-3H3. The summed E-state index contributed by atoms with van der Waals surface area (Å²) in [6.45, 7) is 3.66. The maximum Gasteiger partial charge on any atom is 0.133 e. The first-order chi connectivity index (χ1) is 12.2. The van der Waals surface area contributed by atoms with Gasteiger partial charge in [0.1, 0.15) is 6.10 Å². The summed E-state index contributed by atoms with van der Waals surface area (Å²) in [5.41, 5.74) is 7.70. The van der Waals surface area contributed by atoms with Gasteiger partial charge in [0.05, 0.1) is 12.3 Å². The van der Waals surface area contributed by atoms with Gasteiger partial charge in [-0.15, -0.1) is 11.3 Å². The van der Waals surface area contributed by atoms with E-state index in [4.69, 9.17) is 10.5 Å². The number of ether oxygens (including phenoxy) is 1. The third-order valence-electron chi connectivity index (χ3n) is 4.27. The lowest BCUT2D eigenvalue weighted by Crippen LogP contribution is -2.28. The molecule has 2 atom stereocenters. The molecule has 1 aromatic heterocycles. The van der Waals surface area contributed by atoms with Crippen molar-refractivity contribution >= 4 is 17.0 Å². The summed E-state index contributed by atoms with van der Waals surface area (Å²) in [6, 6.07) is 14.9. The Morgan fingerprint density at radius 2 is 2.04 bits per heavy atom. The molecule has 0 aliphatic carbocycles. The first kappa shape index (κ1) is 19.4. The molecule has 1 heterocycles. The van der Waals surface area contributed by atoms with Gasteiger partial charge in [-0.05, 0) is 43.3 Å². The molecule has 5 heteroatoms. The molecule has 0 spiro atoms. The average Bonchev–Trinajstić information content (AvgIpc) is 3.18. The van der Waals surface area contributed by atoms with E-state index in [0.717, 1.165) is 17.1 Å². The summed E-state index contributed by atoms with van der Waals surface area (Å²) in [5.74, 6) is 0.